The van der Waals surface area contributed by atoms with Crippen LogP contribution in [-0.4, -0.2) is 92.0 Å². The first-order valence-electron chi connectivity index (χ1n) is 16.6. The number of methoxy groups -OCH3 is 2. The van der Waals surface area contributed by atoms with Crippen LogP contribution >= 0.6 is 0 Å². The fourth-order valence-electron chi connectivity index (χ4n) is 6.84. The SMILES string of the molecule is COc1cc2c(cc1OCCCC(=O)N[C@H]1C[C@H]3C=Nc4cc(OCc5ccccc5)c(OC)cc4C(=O)N3C1)N=C[C@@H]1CCCN1C2=O. The quantitative estimate of drug-likeness (QED) is 0.289. The minimum Gasteiger partial charge on any atom is -0.493 e. The molecule has 254 valence electrons. The third-order valence-electron chi connectivity index (χ3n) is 9.37. The van der Waals surface area contributed by atoms with E-state index in [0.29, 0.717) is 71.5 Å². The lowest BCUT2D eigenvalue weighted by molar-refractivity contribution is -0.121. The van der Waals surface area contributed by atoms with Crippen LogP contribution in [0.4, 0.5) is 11.4 Å². The number of carbonyl (C=O) groups is 3. The summed E-state index contributed by atoms with van der Waals surface area (Å²) in [4.78, 5) is 52.5. The van der Waals surface area contributed by atoms with Crippen molar-refractivity contribution in [1.82, 2.24) is 15.1 Å². The Bertz CT molecular complexity index is 1810. The summed E-state index contributed by atoms with van der Waals surface area (Å²) in [7, 11) is 3.08. The summed E-state index contributed by atoms with van der Waals surface area (Å²) in [5, 5.41) is 3.08. The molecule has 0 aliphatic carbocycles. The Labute approximate surface area is 284 Å². The molecule has 1 N–H and O–H groups in total. The zero-order valence-corrected chi connectivity index (χ0v) is 27.6. The monoisotopic (exact) mass is 665 g/mol. The summed E-state index contributed by atoms with van der Waals surface area (Å²) in [6.07, 6.45) is 6.75. The number of fused-ring (bicyclic) bond motifs is 4. The van der Waals surface area contributed by atoms with Crippen molar-refractivity contribution in [2.75, 3.05) is 33.9 Å². The van der Waals surface area contributed by atoms with Crippen molar-refractivity contribution in [3.8, 4) is 23.0 Å². The van der Waals surface area contributed by atoms with Crippen molar-refractivity contribution < 1.29 is 33.3 Å². The second-order valence-electron chi connectivity index (χ2n) is 12.6. The van der Waals surface area contributed by atoms with Crippen LogP contribution in [0.15, 0.2) is 64.6 Å². The molecule has 12 heteroatoms. The molecule has 0 saturated carbocycles. The molecule has 2 fully saturated rings. The Morgan fingerprint density at radius 1 is 0.837 bits per heavy atom. The summed E-state index contributed by atoms with van der Waals surface area (Å²) in [5.74, 6) is 1.54. The third kappa shape index (κ3) is 6.67. The molecule has 7 rings (SSSR count). The van der Waals surface area contributed by atoms with Gasteiger partial charge in [0.2, 0.25) is 5.91 Å². The molecule has 0 unspecified atom stereocenters. The highest BCUT2D eigenvalue weighted by molar-refractivity contribution is 6.04. The standard InChI is InChI=1S/C37H39N5O7/c1-46-31-15-27-29(38-19-25-10-6-12-41(25)36(27)44)17-33(31)48-13-7-11-35(43)40-24-14-26-20-39-30-18-34(49-22-23-8-4-3-5-9-23)32(47-2)16-28(30)37(45)42(26)21-24/h3-5,8-9,15-20,24-26H,6-7,10-14,21-22H2,1-2H3,(H,40,43)/t24-,25-,26-/m0/s1. The van der Waals surface area contributed by atoms with Crippen molar-refractivity contribution in [3.05, 3.63) is 71.3 Å². The van der Waals surface area contributed by atoms with E-state index in [2.05, 4.69) is 15.3 Å². The van der Waals surface area contributed by atoms with Gasteiger partial charge in [-0.1, -0.05) is 30.3 Å². The molecule has 0 aromatic heterocycles. The molecule has 3 amide bonds. The van der Waals surface area contributed by atoms with Gasteiger partial charge in [-0.3, -0.25) is 24.4 Å². The van der Waals surface area contributed by atoms with Gasteiger partial charge >= 0.3 is 0 Å². The van der Waals surface area contributed by atoms with Gasteiger partial charge in [0.25, 0.3) is 11.8 Å². The predicted octanol–water partition coefficient (Wildman–Crippen LogP) is 4.88. The van der Waals surface area contributed by atoms with E-state index in [-0.39, 0.29) is 48.9 Å². The van der Waals surface area contributed by atoms with Gasteiger partial charge in [-0.2, -0.15) is 0 Å². The Kier molecular flexibility index (Phi) is 9.19. The van der Waals surface area contributed by atoms with E-state index in [0.717, 1.165) is 24.9 Å². The zero-order chi connectivity index (χ0) is 33.9. The van der Waals surface area contributed by atoms with Crippen molar-refractivity contribution in [2.24, 2.45) is 9.98 Å². The maximum absolute atomic E-state index is 13.7. The molecule has 0 bridgehead atoms. The Balaban J connectivity index is 0.926. The number of hydrogen-bond donors (Lipinski definition) is 1. The molecular weight excluding hydrogens is 626 g/mol. The molecule has 49 heavy (non-hydrogen) atoms. The summed E-state index contributed by atoms with van der Waals surface area (Å²) in [5.41, 5.74) is 3.01. The lowest BCUT2D eigenvalue weighted by Gasteiger charge is -2.21. The minimum atomic E-state index is -0.250. The van der Waals surface area contributed by atoms with Crippen LogP contribution in [0.1, 0.15) is 58.4 Å². The Hall–Kier alpha value is -5.39. The van der Waals surface area contributed by atoms with Crippen LogP contribution < -0.4 is 24.3 Å². The van der Waals surface area contributed by atoms with E-state index in [4.69, 9.17) is 18.9 Å². The summed E-state index contributed by atoms with van der Waals surface area (Å²) < 4.78 is 23.1. The topological polar surface area (TPSA) is 131 Å². The maximum Gasteiger partial charge on any atom is 0.256 e. The van der Waals surface area contributed by atoms with E-state index < -0.39 is 0 Å². The lowest BCUT2D eigenvalue weighted by Crippen LogP contribution is -2.39. The lowest BCUT2D eigenvalue weighted by atomic mass is 10.1. The van der Waals surface area contributed by atoms with Gasteiger partial charge in [0.05, 0.1) is 55.4 Å². The van der Waals surface area contributed by atoms with Crippen LogP contribution in [0.25, 0.3) is 0 Å². The number of aliphatic imine (C=N–C) groups is 2. The number of ether oxygens (including phenoxy) is 4. The van der Waals surface area contributed by atoms with E-state index in [9.17, 15) is 14.4 Å². The van der Waals surface area contributed by atoms with E-state index in [1.807, 2.05) is 41.4 Å². The van der Waals surface area contributed by atoms with Gasteiger partial charge < -0.3 is 34.1 Å². The van der Waals surface area contributed by atoms with Crippen LogP contribution in [-0.2, 0) is 11.4 Å². The van der Waals surface area contributed by atoms with E-state index >= 15 is 0 Å². The van der Waals surface area contributed by atoms with Gasteiger partial charge in [0.1, 0.15) is 6.61 Å². The maximum atomic E-state index is 13.7. The van der Waals surface area contributed by atoms with Crippen LogP contribution in [0, 0.1) is 0 Å². The van der Waals surface area contributed by atoms with Crippen molar-refractivity contribution >= 4 is 41.5 Å². The van der Waals surface area contributed by atoms with Gasteiger partial charge in [0.15, 0.2) is 23.0 Å². The van der Waals surface area contributed by atoms with Gasteiger partial charge in [0, 0.05) is 50.1 Å². The number of nitrogens with one attached hydrogen (secondary N) is 1. The molecule has 4 aliphatic rings. The first-order chi connectivity index (χ1) is 23.9. The highest BCUT2D eigenvalue weighted by atomic mass is 16.5. The number of rotatable bonds is 11. The smallest absolute Gasteiger partial charge is 0.256 e. The number of carbonyl (C=O) groups excluding carboxylic acids is 3. The molecule has 3 aromatic carbocycles. The first kappa shape index (κ1) is 32.2. The molecule has 3 aromatic rings. The minimum absolute atomic E-state index is 0.0160. The fourth-order valence-corrected chi connectivity index (χ4v) is 6.84. The average Bonchev–Trinajstić information content (AvgIpc) is 3.71. The molecule has 4 heterocycles. The predicted molar refractivity (Wildman–Crippen MR) is 183 cm³/mol. The normalized spacial score (nSPS) is 20.5. The van der Waals surface area contributed by atoms with Gasteiger partial charge in [-0.05, 0) is 43.4 Å². The largest absolute Gasteiger partial charge is 0.493 e. The summed E-state index contributed by atoms with van der Waals surface area (Å²) >= 11 is 0. The molecule has 2 saturated heterocycles. The molecule has 12 nitrogen and oxygen atoms in total. The molecule has 0 radical (unpaired) electrons. The number of nitrogens with zero attached hydrogens (tertiary/aromatic N) is 4. The van der Waals surface area contributed by atoms with Gasteiger partial charge in [-0.25, -0.2) is 0 Å². The van der Waals surface area contributed by atoms with E-state index in [1.54, 1.807) is 42.5 Å². The molecular formula is C37H39N5O7. The second-order valence-corrected chi connectivity index (χ2v) is 12.6. The van der Waals surface area contributed by atoms with Gasteiger partial charge in [-0.15, -0.1) is 0 Å². The first-order valence-corrected chi connectivity index (χ1v) is 16.6. The average molecular weight is 666 g/mol. The van der Waals surface area contributed by atoms with Crippen molar-refractivity contribution in [1.29, 1.82) is 0 Å². The molecule has 0 spiro atoms. The fraction of sp³-hybridized carbons (Fsp3) is 0.378. The highest BCUT2D eigenvalue weighted by Gasteiger charge is 2.38. The Morgan fingerprint density at radius 2 is 1.49 bits per heavy atom. The van der Waals surface area contributed by atoms with Crippen molar-refractivity contribution in [2.45, 2.75) is 56.8 Å². The van der Waals surface area contributed by atoms with E-state index in [1.165, 1.54) is 7.11 Å². The van der Waals surface area contributed by atoms with Crippen molar-refractivity contribution in [3.63, 3.8) is 0 Å². The van der Waals surface area contributed by atoms with Crippen LogP contribution in [0.2, 0.25) is 0 Å². The summed E-state index contributed by atoms with van der Waals surface area (Å²) in [6.45, 7) is 1.72. The van der Waals surface area contributed by atoms with Crippen LogP contribution in [0.3, 0.4) is 0 Å². The zero-order valence-electron chi connectivity index (χ0n) is 27.6. The van der Waals surface area contributed by atoms with Crippen LogP contribution in [0.5, 0.6) is 23.0 Å². The second kappa shape index (κ2) is 14.0. The number of amides is 3. The number of benzene rings is 3. The summed E-state index contributed by atoms with van der Waals surface area (Å²) in [6, 6.07) is 16.2. The molecule has 4 aliphatic heterocycles. The molecule has 3 atom stereocenters. The highest BCUT2D eigenvalue weighted by Crippen LogP contribution is 2.40. The third-order valence-corrected chi connectivity index (χ3v) is 9.37. The number of hydrogen-bond acceptors (Lipinski definition) is 9. The Morgan fingerprint density at radius 3 is 2.18 bits per heavy atom.